The van der Waals surface area contributed by atoms with Crippen LogP contribution < -0.4 is 16.0 Å². The Balaban J connectivity index is 1.02. The van der Waals surface area contributed by atoms with Crippen molar-refractivity contribution in [3.05, 3.63) is 72.1 Å². The Bertz CT molecular complexity index is 934. The molecule has 0 spiro atoms. The Morgan fingerprint density at radius 2 is 0.931 bits per heavy atom. The van der Waals surface area contributed by atoms with E-state index in [0.717, 1.165) is 52.1 Å². The van der Waals surface area contributed by atoms with Crippen molar-refractivity contribution in [2.75, 3.05) is 39.3 Å². The largest absolute Gasteiger partial charge is 0.361 e. The number of hydrogen-bond donors (Lipinski definition) is 5. The Morgan fingerprint density at radius 1 is 0.517 bits per heavy atom. The van der Waals surface area contributed by atoms with Crippen molar-refractivity contribution in [1.82, 2.24) is 25.9 Å². The summed E-state index contributed by atoms with van der Waals surface area (Å²) >= 11 is 0. The number of para-hydroxylation sites is 2. The van der Waals surface area contributed by atoms with E-state index in [1.54, 1.807) is 0 Å². The molecular weight excluding hydrogens is 358 g/mol. The fourth-order valence-corrected chi connectivity index (χ4v) is 3.85. The SMILES string of the molecule is c1ccc2c(CCNCCNCCNCCc3c[nH]c4ccccc34)c[nH]c2c1. The first-order chi connectivity index (χ1) is 14.4. The quantitative estimate of drug-likeness (QED) is 0.242. The highest BCUT2D eigenvalue weighted by molar-refractivity contribution is 5.83. The van der Waals surface area contributed by atoms with Crippen LogP contribution in [0.25, 0.3) is 21.8 Å². The van der Waals surface area contributed by atoms with Crippen LogP contribution in [0.5, 0.6) is 0 Å². The van der Waals surface area contributed by atoms with E-state index in [-0.39, 0.29) is 0 Å². The Morgan fingerprint density at radius 3 is 1.41 bits per heavy atom. The number of fused-ring (bicyclic) bond motifs is 2. The van der Waals surface area contributed by atoms with Gasteiger partial charge in [0.05, 0.1) is 0 Å². The number of aromatic amines is 2. The Labute approximate surface area is 172 Å². The molecule has 0 unspecified atom stereocenters. The number of H-pyrrole nitrogens is 2. The van der Waals surface area contributed by atoms with Gasteiger partial charge < -0.3 is 25.9 Å². The topological polar surface area (TPSA) is 67.7 Å². The van der Waals surface area contributed by atoms with Crippen LogP contribution in [0.4, 0.5) is 0 Å². The van der Waals surface area contributed by atoms with Crippen LogP contribution in [-0.4, -0.2) is 49.2 Å². The fourth-order valence-electron chi connectivity index (χ4n) is 3.85. The lowest BCUT2D eigenvalue weighted by Gasteiger charge is -2.08. The molecule has 29 heavy (non-hydrogen) atoms. The molecule has 0 saturated heterocycles. The summed E-state index contributed by atoms with van der Waals surface area (Å²) in [6.07, 6.45) is 6.37. The molecule has 0 aliphatic carbocycles. The van der Waals surface area contributed by atoms with E-state index < -0.39 is 0 Å². The maximum Gasteiger partial charge on any atom is 0.0456 e. The van der Waals surface area contributed by atoms with E-state index in [1.165, 1.54) is 32.9 Å². The molecule has 0 atom stereocenters. The standard InChI is InChI=1S/C24H31N5/c1-3-7-23-21(5-1)19(17-28-23)9-11-25-13-15-27-16-14-26-12-10-20-18-29-24-8-4-2-6-22(20)24/h1-8,17-18,25-29H,9-16H2. The highest BCUT2D eigenvalue weighted by Gasteiger charge is 2.03. The lowest BCUT2D eigenvalue weighted by Crippen LogP contribution is -2.33. The van der Waals surface area contributed by atoms with E-state index in [1.807, 2.05) is 0 Å². The molecule has 4 aromatic rings. The van der Waals surface area contributed by atoms with Crippen LogP contribution in [0.3, 0.4) is 0 Å². The third-order valence-electron chi connectivity index (χ3n) is 5.45. The number of hydrogen-bond acceptors (Lipinski definition) is 3. The zero-order chi connectivity index (χ0) is 19.7. The van der Waals surface area contributed by atoms with Gasteiger partial charge in [0.15, 0.2) is 0 Å². The lowest BCUT2D eigenvalue weighted by atomic mass is 10.1. The second kappa shape index (κ2) is 10.3. The zero-order valence-electron chi connectivity index (χ0n) is 16.9. The van der Waals surface area contributed by atoms with Crippen LogP contribution >= 0.6 is 0 Å². The molecule has 0 bridgehead atoms. The van der Waals surface area contributed by atoms with Gasteiger partial charge in [-0.2, -0.15) is 0 Å². The summed E-state index contributed by atoms with van der Waals surface area (Å²) in [5.74, 6) is 0. The maximum atomic E-state index is 3.53. The number of nitrogens with one attached hydrogen (secondary N) is 5. The number of rotatable bonds is 12. The first-order valence-electron chi connectivity index (χ1n) is 10.6. The van der Waals surface area contributed by atoms with Gasteiger partial charge in [0, 0.05) is 60.4 Å². The second-order valence-electron chi connectivity index (χ2n) is 7.47. The molecule has 2 heterocycles. The average Bonchev–Trinajstić information content (AvgIpc) is 3.36. The summed E-state index contributed by atoms with van der Waals surface area (Å²) in [7, 11) is 0. The van der Waals surface area contributed by atoms with Crippen molar-refractivity contribution in [3.8, 4) is 0 Å². The first-order valence-corrected chi connectivity index (χ1v) is 10.6. The highest BCUT2D eigenvalue weighted by Crippen LogP contribution is 2.18. The molecule has 0 aliphatic rings. The lowest BCUT2D eigenvalue weighted by molar-refractivity contribution is 0.582. The highest BCUT2D eigenvalue weighted by atomic mass is 15.0. The van der Waals surface area contributed by atoms with Crippen LogP contribution in [0.2, 0.25) is 0 Å². The van der Waals surface area contributed by atoms with Gasteiger partial charge in [-0.3, -0.25) is 0 Å². The smallest absolute Gasteiger partial charge is 0.0456 e. The predicted molar refractivity (Wildman–Crippen MR) is 123 cm³/mol. The molecule has 5 heteroatoms. The molecule has 2 aromatic carbocycles. The third kappa shape index (κ3) is 5.26. The fraction of sp³-hybridized carbons (Fsp3) is 0.333. The van der Waals surface area contributed by atoms with Crippen molar-refractivity contribution in [2.45, 2.75) is 12.8 Å². The first kappa shape index (κ1) is 19.7. The molecule has 0 saturated carbocycles. The summed E-state index contributed by atoms with van der Waals surface area (Å²) in [5.41, 5.74) is 5.23. The van der Waals surface area contributed by atoms with E-state index in [0.29, 0.717) is 0 Å². The van der Waals surface area contributed by atoms with Crippen molar-refractivity contribution < 1.29 is 0 Å². The Kier molecular flexibility index (Phi) is 6.97. The van der Waals surface area contributed by atoms with Crippen LogP contribution in [0.15, 0.2) is 60.9 Å². The second-order valence-corrected chi connectivity index (χ2v) is 7.47. The van der Waals surface area contributed by atoms with Gasteiger partial charge in [0.25, 0.3) is 0 Å². The van der Waals surface area contributed by atoms with Gasteiger partial charge in [-0.05, 0) is 49.2 Å². The molecule has 0 amide bonds. The maximum absolute atomic E-state index is 3.53. The molecule has 4 rings (SSSR count). The van der Waals surface area contributed by atoms with Crippen LogP contribution in [0, 0.1) is 0 Å². The van der Waals surface area contributed by atoms with Crippen molar-refractivity contribution >= 4 is 21.8 Å². The van der Waals surface area contributed by atoms with Gasteiger partial charge in [-0.15, -0.1) is 0 Å². The molecule has 5 N–H and O–H groups in total. The number of aromatic nitrogens is 2. The molecule has 0 aliphatic heterocycles. The van der Waals surface area contributed by atoms with Gasteiger partial charge in [-0.1, -0.05) is 36.4 Å². The third-order valence-corrected chi connectivity index (χ3v) is 5.45. The normalized spacial score (nSPS) is 11.6. The molecule has 152 valence electrons. The summed E-state index contributed by atoms with van der Waals surface area (Å²) in [6.45, 7) is 6.00. The summed E-state index contributed by atoms with van der Waals surface area (Å²) in [6, 6.07) is 17.0. The molecule has 0 radical (unpaired) electrons. The average molecular weight is 390 g/mol. The van der Waals surface area contributed by atoms with Gasteiger partial charge in [-0.25, -0.2) is 0 Å². The van der Waals surface area contributed by atoms with Crippen molar-refractivity contribution in [1.29, 1.82) is 0 Å². The zero-order valence-corrected chi connectivity index (χ0v) is 16.9. The minimum absolute atomic E-state index is 0.998. The number of benzene rings is 2. The van der Waals surface area contributed by atoms with Crippen LogP contribution in [-0.2, 0) is 12.8 Å². The molecular formula is C24H31N5. The molecule has 0 fully saturated rings. The molecule has 5 nitrogen and oxygen atoms in total. The monoisotopic (exact) mass is 389 g/mol. The Hall–Kier alpha value is -2.60. The van der Waals surface area contributed by atoms with E-state index in [9.17, 15) is 0 Å². The van der Waals surface area contributed by atoms with E-state index in [4.69, 9.17) is 0 Å². The summed E-state index contributed by atoms with van der Waals surface area (Å²) in [5, 5.41) is 13.2. The minimum atomic E-state index is 0.998. The molecule has 2 aromatic heterocycles. The minimum Gasteiger partial charge on any atom is -0.361 e. The summed E-state index contributed by atoms with van der Waals surface area (Å²) < 4.78 is 0. The summed E-state index contributed by atoms with van der Waals surface area (Å²) in [4.78, 5) is 6.68. The van der Waals surface area contributed by atoms with Gasteiger partial charge in [0.2, 0.25) is 0 Å². The van der Waals surface area contributed by atoms with E-state index in [2.05, 4.69) is 86.8 Å². The van der Waals surface area contributed by atoms with Crippen LogP contribution in [0.1, 0.15) is 11.1 Å². The van der Waals surface area contributed by atoms with Crippen molar-refractivity contribution in [3.63, 3.8) is 0 Å². The van der Waals surface area contributed by atoms with Gasteiger partial charge in [0.1, 0.15) is 0 Å². The van der Waals surface area contributed by atoms with Crippen molar-refractivity contribution in [2.24, 2.45) is 0 Å². The van der Waals surface area contributed by atoms with Gasteiger partial charge >= 0.3 is 0 Å². The van der Waals surface area contributed by atoms with E-state index >= 15 is 0 Å². The predicted octanol–water partition coefficient (Wildman–Crippen LogP) is 3.20.